The SMILES string of the molecule is CCOCCOCCOCCOc1ccc(C[C@H](C(=O)OCC)N2CCN(CC(=O)O)CCN(CC(=O)O)CCN(CC(=O)O)CC2)cc1. The predicted octanol–water partition coefficient (Wildman–Crippen LogP) is 0.0847. The zero-order chi connectivity index (χ0) is 35.9. The number of aliphatic carboxylic acids is 3. The van der Waals surface area contributed by atoms with E-state index in [2.05, 4.69) is 0 Å². The summed E-state index contributed by atoms with van der Waals surface area (Å²) >= 11 is 0. The second-order valence-corrected chi connectivity index (χ2v) is 11.4. The van der Waals surface area contributed by atoms with Crippen LogP contribution in [0.5, 0.6) is 5.75 Å². The molecule has 1 aromatic carbocycles. The minimum atomic E-state index is -1.02. The standard InChI is InChI=1S/C33H54N4O12/c1-3-45-17-18-46-19-20-47-21-22-49-28-7-5-27(6-8-28)23-29(33(44)48-4-2)37-15-13-35(25-31(40)41)11-9-34(24-30(38)39)10-12-36(14-16-37)26-32(42)43/h5-8,29H,3-4,9-26H2,1-2H3,(H,38,39)(H,40,41)(H,42,43)/t29-/m1/s1. The third-order valence-corrected chi connectivity index (χ3v) is 7.74. The Morgan fingerprint density at radius 3 is 1.47 bits per heavy atom. The van der Waals surface area contributed by atoms with Crippen LogP contribution in [0.25, 0.3) is 0 Å². The number of ether oxygens (including phenoxy) is 5. The molecule has 0 unspecified atom stereocenters. The van der Waals surface area contributed by atoms with E-state index in [0.717, 1.165) is 5.56 Å². The van der Waals surface area contributed by atoms with Crippen molar-refractivity contribution in [2.24, 2.45) is 0 Å². The van der Waals surface area contributed by atoms with Crippen LogP contribution in [-0.4, -0.2) is 190 Å². The van der Waals surface area contributed by atoms with E-state index in [-0.39, 0.29) is 65.5 Å². The number of hydrogen-bond donors (Lipinski definition) is 3. The summed E-state index contributed by atoms with van der Waals surface area (Å²) in [5.41, 5.74) is 0.853. The van der Waals surface area contributed by atoms with Crippen molar-refractivity contribution in [3.63, 3.8) is 0 Å². The Morgan fingerprint density at radius 2 is 1.04 bits per heavy atom. The number of benzene rings is 1. The topological polar surface area (TPSA) is 188 Å². The molecule has 278 valence electrons. The molecule has 0 saturated carbocycles. The zero-order valence-electron chi connectivity index (χ0n) is 28.8. The van der Waals surface area contributed by atoms with Gasteiger partial charge < -0.3 is 39.0 Å². The van der Waals surface area contributed by atoms with E-state index < -0.39 is 29.9 Å². The lowest BCUT2D eigenvalue weighted by Crippen LogP contribution is -2.52. The summed E-state index contributed by atoms with van der Waals surface area (Å²) in [7, 11) is 0. The smallest absolute Gasteiger partial charge is 0.323 e. The molecule has 1 heterocycles. The number of rotatable bonds is 22. The molecule has 1 aliphatic heterocycles. The highest BCUT2D eigenvalue weighted by molar-refractivity contribution is 5.76. The average molecular weight is 699 g/mol. The molecule has 0 amide bonds. The summed E-state index contributed by atoms with van der Waals surface area (Å²) in [6, 6.07) is 6.65. The fourth-order valence-corrected chi connectivity index (χ4v) is 5.26. The van der Waals surface area contributed by atoms with Crippen LogP contribution in [0.4, 0.5) is 0 Å². The van der Waals surface area contributed by atoms with Crippen LogP contribution in [0, 0.1) is 0 Å². The van der Waals surface area contributed by atoms with Gasteiger partial charge in [-0.25, -0.2) is 0 Å². The molecule has 49 heavy (non-hydrogen) atoms. The molecule has 1 atom stereocenters. The van der Waals surface area contributed by atoms with Crippen LogP contribution in [-0.2, 0) is 44.5 Å². The highest BCUT2D eigenvalue weighted by Gasteiger charge is 2.29. The fraction of sp³-hybridized carbons (Fsp3) is 0.697. The first-order valence-electron chi connectivity index (χ1n) is 16.8. The molecule has 0 aromatic heterocycles. The molecule has 1 aliphatic rings. The number of carbonyl (C=O) groups is 4. The first kappa shape index (κ1) is 41.8. The lowest BCUT2D eigenvalue weighted by molar-refractivity contribution is -0.150. The number of carboxylic acid groups (broad SMARTS) is 3. The van der Waals surface area contributed by atoms with Crippen molar-refractivity contribution in [3.05, 3.63) is 29.8 Å². The molecule has 0 spiro atoms. The molecule has 1 saturated heterocycles. The van der Waals surface area contributed by atoms with Crippen molar-refractivity contribution in [2.45, 2.75) is 26.3 Å². The van der Waals surface area contributed by atoms with Crippen LogP contribution >= 0.6 is 0 Å². The van der Waals surface area contributed by atoms with Crippen LogP contribution in [0.2, 0.25) is 0 Å². The Balaban J connectivity index is 2.11. The summed E-state index contributed by atoms with van der Waals surface area (Å²) in [6.07, 6.45) is 0.301. The molecule has 0 bridgehead atoms. The van der Waals surface area contributed by atoms with E-state index in [1.165, 1.54) is 0 Å². The van der Waals surface area contributed by atoms with E-state index in [9.17, 15) is 34.5 Å². The van der Waals surface area contributed by atoms with Gasteiger partial charge in [0.1, 0.15) is 18.4 Å². The molecule has 0 radical (unpaired) electrons. The predicted molar refractivity (Wildman–Crippen MR) is 178 cm³/mol. The van der Waals surface area contributed by atoms with Gasteiger partial charge in [0.25, 0.3) is 0 Å². The summed E-state index contributed by atoms with van der Waals surface area (Å²) < 4.78 is 27.4. The number of hydrogen-bond acceptors (Lipinski definition) is 13. The Hall–Kier alpha value is -3.38. The van der Waals surface area contributed by atoms with Gasteiger partial charge in [-0.15, -0.1) is 0 Å². The van der Waals surface area contributed by atoms with Gasteiger partial charge in [-0.05, 0) is 38.0 Å². The average Bonchev–Trinajstić information content (AvgIpc) is 3.05. The maximum absolute atomic E-state index is 13.4. The molecule has 2 rings (SSSR count). The van der Waals surface area contributed by atoms with Gasteiger partial charge in [-0.2, -0.15) is 0 Å². The number of esters is 1. The normalized spacial score (nSPS) is 16.7. The quantitative estimate of drug-likeness (QED) is 0.109. The monoisotopic (exact) mass is 698 g/mol. The Labute approximate surface area is 288 Å². The van der Waals surface area contributed by atoms with E-state index in [1.807, 2.05) is 36.1 Å². The van der Waals surface area contributed by atoms with Gasteiger partial charge in [0.05, 0.1) is 59.3 Å². The van der Waals surface area contributed by atoms with Crippen molar-refractivity contribution >= 4 is 23.9 Å². The summed E-state index contributed by atoms with van der Waals surface area (Å²) in [4.78, 5) is 55.2. The van der Waals surface area contributed by atoms with Gasteiger partial charge in [0.2, 0.25) is 0 Å². The van der Waals surface area contributed by atoms with Gasteiger partial charge in [-0.1, -0.05) is 12.1 Å². The number of carbonyl (C=O) groups excluding carboxylic acids is 1. The van der Waals surface area contributed by atoms with Crippen molar-refractivity contribution in [1.82, 2.24) is 19.6 Å². The first-order chi connectivity index (χ1) is 23.6. The van der Waals surface area contributed by atoms with E-state index in [1.54, 1.807) is 21.6 Å². The molecule has 1 aromatic rings. The zero-order valence-corrected chi connectivity index (χ0v) is 28.8. The van der Waals surface area contributed by atoms with Gasteiger partial charge in [0, 0.05) is 59.0 Å². The van der Waals surface area contributed by atoms with Gasteiger partial charge >= 0.3 is 23.9 Å². The molecular formula is C33H54N4O12. The maximum atomic E-state index is 13.4. The van der Waals surface area contributed by atoms with Gasteiger partial charge in [-0.3, -0.25) is 38.8 Å². The highest BCUT2D eigenvalue weighted by Crippen LogP contribution is 2.17. The third kappa shape index (κ3) is 18.8. The maximum Gasteiger partial charge on any atom is 0.323 e. The number of nitrogens with zero attached hydrogens (tertiary/aromatic N) is 4. The minimum Gasteiger partial charge on any atom is -0.491 e. The Kier molecular flexibility index (Phi) is 21.1. The van der Waals surface area contributed by atoms with E-state index >= 15 is 0 Å². The third-order valence-electron chi connectivity index (χ3n) is 7.74. The largest absolute Gasteiger partial charge is 0.491 e. The fourth-order valence-electron chi connectivity index (χ4n) is 5.26. The molecule has 16 heteroatoms. The van der Waals surface area contributed by atoms with Crippen LogP contribution in [0.15, 0.2) is 24.3 Å². The minimum absolute atomic E-state index is 0.174. The lowest BCUT2D eigenvalue weighted by Gasteiger charge is -2.36. The van der Waals surface area contributed by atoms with E-state index in [4.69, 9.17) is 23.7 Å². The lowest BCUT2D eigenvalue weighted by atomic mass is 10.0. The molecule has 3 N–H and O–H groups in total. The Morgan fingerprint density at radius 1 is 0.612 bits per heavy atom. The van der Waals surface area contributed by atoms with Crippen LogP contribution < -0.4 is 4.74 Å². The molecule has 16 nitrogen and oxygen atoms in total. The van der Waals surface area contributed by atoms with E-state index in [0.29, 0.717) is 71.5 Å². The molecule has 1 fully saturated rings. The second kappa shape index (κ2) is 24.7. The summed E-state index contributed by atoms with van der Waals surface area (Å²) in [5, 5.41) is 28.5. The van der Waals surface area contributed by atoms with Crippen molar-refractivity contribution in [3.8, 4) is 5.75 Å². The second-order valence-electron chi connectivity index (χ2n) is 11.4. The molecule has 0 aliphatic carbocycles. The van der Waals surface area contributed by atoms with Crippen molar-refractivity contribution in [2.75, 3.05) is 125 Å². The first-order valence-corrected chi connectivity index (χ1v) is 16.8. The van der Waals surface area contributed by atoms with Crippen LogP contribution in [0.1, 0.15) is 19.4 Å². The van der Waals surface area contributed by atoms with Crippen molar-refractivity contribution < 1.29 is 58.2 Å². The molecular weight excluding hydrogens is 644 g/mol. The van der Waals surface area contributed by atoms with Crippen LogP contribution in [0.3, 0.4) is 0 Å². The summed E-state index contributed by atoms with van der Waals surface area (Å²) in [6.45, 7) is 8.80. The highest BCUT2D eigenvalue weighted by atomic mass is 16.6. The van der Waals surface area contributed by atoms with Gasteiger partial charge in [0.15, 0.2) is 0 Å². The summed E-state index contributed by atoms with van der Waals surface area (Å²) in [5.74, 6) is -2.85. The van der Waals surface area contributed by atoms with Crippen molar-refractivity contribution in [1.29, 1.82) is 0 Å². The Bertz CT molecular complexity index is 1080. The number of carboxylic acids is 3.